The molecule has 0 N–H and O–H groups in total. The molecule has 0 amide bonds. The molecule has 0 aliphatic carbocycles. The van der Waals surface area contributed by atoms with Gasteiger partial charge in [0.2, 0.25) is 10.6 Å². The summed E-state index contributed by atoms with van der Waals surface area (Å²) in [5, 5.41) is 1.16. The number of aromatic nitrogens is 4. The molecular weight excluding hydrogens is 271 g/mol. The molecule has 0 atom stereocenters. The number of halogens is 2. The van der Waals surface area contributed by atoms with E-state index < -0.39 is 0 Å². The number of fused-ring (bicyclic) bond motifs is 1. The van der Waals surface area contributed by atoms with Crippen LogP contribution in [0, 0.1) is 0 Å². The van der Waals surface area contributed by atoms with Crippen LogP contribution in [0.3, 0.4) is 0 Å². The van der Waals surface area contributed by atoms with Crippen LogP contribution in [0.2, 0.25) is 10.6 Å². The van der Waals surface area contributed by atoms with Gasteiger partial charge in [-0.1, -0.05) is 6.07 Å². The molecule has 0 spiro atoms. The van der Waals surface area contributed by atoms with Crippen molar-refractivity contribution < 1.29 is 0 Å². The minimum absolute atomic E-state index is 0.0799. The standard InChI is InChI=1S/C12H6Cl2N4/c13-11-16-10(17-12(14)18-11)8-3-4-9-7(6-8)2-1-5-15-9/h1-6H. The van der Waals surface area contributed by atoms with Crippen molar-refractivity contribution in [2.45, 2.75) is 0 Å². The lowest BCUT2D eigenvalue weighted by Crippen LogP contribution is -1.93. The molecule has 4 nitrogen and oxygen atoms in total. The van der Waals surface area contributed by atoms with Crippen molar-refractivity contribution in [3.05, 3.63) is 47.1 Å². The van der Waals surface area contributed by atoms with E-state index in [4.69, 9.17) is 23.2 Å². The van der Waals surface area contributed by atoms with Crippen molar-refractivity contribution in [3.8, 4) is 11.4 Å². The molecule has 0 bridgehead atoms. The lowest BCUT2D eigenvalue weighted by molar-refractivity contribution is 1.06. The fraction of sp³-hybridized carbons (Fsp3) is 0. The van der Waals surface area contributed by atoms with Gasteiger partial charge in [0.25, 0.3) is 0 Å². The van der Waals surface area contributed by atoms with E-state index in [9.17, 15) is 0 Å². The van der Waals surface area contributed by atoms with Crippen molar-refractivity contribution in [1.82, 2.24) is 19.9 Å². The Morgan fingerprint density at radius 1 is 0.889 bits per heavy atom. The maximum absolute atomic E-state index is 5.76. The van der Waals surface area contributed by atoms with Crippen LogP contribution in [0.1, 0.15) is 0 Å². The van der Waals surface area contributed by atoms with Crippen molar-refractivity contribution >= 4 is 34.1 Å². The van der Waals surface area contributed by atoms with Crippen molar-refractivity contribution in [2.75, 3.05) is 0 Å². The van der Waals surface area contributed by atoms with Crippen molar-refractivity contribution in [2.24, 2.45) is 0 Å². The average molecular weight is 277 g/mol. The molecule has 3 rings (SSSR count). The Kier molecular flexibility index (Phi) is 2.81. The van der Waals surface area contributed by atoms with E-state index in [2.05, 4.69) is 19.9 Å². The number of hydrogen-bond acceptors (Lipinski definition) is 4. The summed E-state index contributed by atoms with van der Waals surface area (Å²) < 4.78 is 0. The van der Waals surface area contributed by atoms with E-state index in [0.29, 0.717) is 5.82 Å². The SMILES string of the molecule is Clc1nc(Cl)nc(-c2ccc3ncccc3c2)n1. The first-order chi connectivity index (χ1) is 8.72. The van der Waals surface area contributed by atoms with Gasteiger partial charge in [-0.2, -0.15) is 15.0 Å². The molecule has 3 aromatic rings. The summed E-state index contributed by atoms with van der Waals surface area (Å²) in [6, 6.07) is 9.55. The second kappa shape index (κ2) is 4.48. The largest absolute Gasteiger partial charge is 0.256 e. The molecule has 0 saturated carbocycles. The van der Waals surface area contributed by atoms with E-state index in [-0.39, 0.29) is 10.6 Å². The maximum atomic E-state index is 5.76. The molecule has 0 aliphatic rings. The Labute approximate surface area is 113 Å². The first-order valence-electron chi connectivity index (χ1n) is 5.14. The van der Waals surface area contributed by atoms with Crippen molar-refractivity contribution in [1.29, 1.82) is 0 Å². The zero-order valence-electron chi connectivity index (χ0n) is 9.01. The van der Waals surface area contributed by atoms with Gasteiger partial charge in [0.1, 0.15) is 0 Å². The Morgan fingerprint density at radius 3 is 2.44 bits per heavy atom. The van der Waals surface area contributed by atoms with E-state index in [1.807, 2.05) is 30.3 Å². The molecule has 18 heavy (non-hydrogen) atoms. The Hall–Kier alpha value is -1.78. The summed E-state index contributed by atoms with van der Waals surface area (Å²) in [4.78, 5) is 16.1. The predicted molar refractivity (Wildman–Crippen MR) is 70.6 cm³/mol. The highest BCUT2D eigenvalue weighted by molar-refractivity contribution is 6.31. The molecule has 2 aromatic heterocycles. The molecular formula is C12H6Cl2N4. The van der Waals surface area contributed by atoms with Gasteiger partial charge in [-0.15, -0.1) is 0 Å². The topological polar surface area (TPSA) is 51.6 Å². The minimum Gasteiger partial charge on any atom is -0.256 e. The van der Waals surface area contributed by atoms with Gasteiger partial charge in [-0.3, -0.25) is 4.98 Å². The molecule has 88 valence electrons. The number of benzene rings is 1. The molecule has 0 aliphatic heterocycles. The molecule has 2 heterocycles. The van der Waals surface area contributed by atoms with Crippen LogP contribution in [-0.4, -0.2) is 19.9 Å². The molecule has 0 unspecified atom stereocenters. The third-order valence-electron chi connectivity index (χ3n) is 2.44. The van der Waals surface area contributed by atoms with Crippen LogP contribution in [0.5, 0.6) is 0 Å². The lowest BCUT2D eigenvalue weighted by Gasteiger charge is -2.02. The Bertz CT molecular complexity index is 710. The van der Waals surface area contributed by atoms with Crippen LogP contribution in [0.25, 0.3) is 22.3 Å². The quantitative estimate of drug-likeness (QED) is 0.684. The highest BCUT2D eigenvalue weighted by atomic mass is 35.5. The summed E-state index contributed by atoms with van der Waals surface area (Å²) >= 11 is 11.5. The highest BCUT2D eigenvalue weighted by Crippen LogP contribution is 2.22. The van der Waals surface area contributed by atoms with Crippen molar-refractivity contribution in [3.63, 3.8) is 0 Å². The Balaban J connectivity index is 2.19. The van der Waals surface area contributed by atoms with Gasteiger partial charge >= 0.3 is 0 Å². The second-order valence-electron chi connectivity index (χ2n) is 3.61. The predicted octanol–water partition coefficient (Wildman–Crippen LogP) is 3.39. The lowest BCUT2D eigenvalue weighted by atomic mass is 10.1. The molecule has 0 radical (unpaired) electrons. The fourth-order valence-electron chi connectivity index (χ4n) is 1.67. The van der Waals surface area contributed by atoms with Crippen LogP contribution in [0.4, 0.5) is 0 Å². The summed E-state index contributed by atoms with van der Waals surface area (Å²) in [6.45, 7) is 0. The minimum atomic E-state index is 0.0799. The van der Waals surface area contributed by atoms with Gasteiger partial charge in [0.05, 0.1) is 5.52 Å². The van der Waals surface area contributed by atoms with Gasteiger partial charge in [-0.05, 0) is 47.5 Å². The molecule has 0 saturated heterocycles. The summed E-state index contributed by atoms with van der Waals surface area (Å²) in [6.07, 6.45) is 1.75. The summed E-state index contributed by atoms with van der Waals surface area (Å²) in [7, 11) is 0. The van der Waals surface area contributed by atoms with Gasteiger partial charge in [0, 0.05) is 17.1 Å². The van der Waals surface area contributed by atoms with Crippen LogP contribution in [0.15, 0.2) is 36.5 Å². The maximum Gasteiger partial charge on any atom is 0.227 e. The third kappa shape index (κ3) is 2.12. The zero-order valence-corrected chi connectivity index (χ0v) is 10.5. The summed E-state index contributed by atoms with van der Waals surface area (Å²) in [5.74, 6) is 0.450. The zero-order chi connectivity index (χ0) is 12.5. The highest BCUT2D eigenvalue weighted by Gasteiger charge is 2.06. The molecule has 0 fully saturated rings. The first kappa shape index (κ1) is 11.3. The smallest absolute Gasteiger partial charge is 0.227 e. The van der Waals surface area contributed by atoms with E-state index in [0.717, 1.165) is 16.5 Å². The Morgan fingerprint density at radius 2 is 1.67 bits per heavy atom. The van der Waals surface area contributed by atoms with Gasteiger partial charge in [0.15, 0.2) is 5.82 Å². The van der Waals surface area contributed by atoms with Gasteiger partial charge < -0.3 is 0 Å². The van der Waals surface area contributed by atoms with E-state index in [1.165, 1.54) is 0 Å². The molecule has 6 heteroatoms. The van der Waals surface area contributed by atoms with Crippen LogP contribution in [-0.2, 0) is 0 Å². The first-order valence-corrected chi connectivity index (χ1v) is 5.90. The normalized spacial score (nSPS) is 10.8. The van der Waals surface area contributed by atoms with E-state index in [1.54, 1.807) is 6.20 Å². The van der Waals surface area contributed by atoms with Crippen LogP contribution >= 0.6 is 23.2 Å². The summed E-state index contributed by atoms with van der Waals surface area (Å²) in [5.41, 5.74) is 1.73. The average Bonchev–Trinajstić information content (AvgIpc) is 2.37. The number of nitrogens with zero attached hydrogens (tertiary/aromatic N) is 4. The number of hydrogen-bond donors (Lipinski definition) is 0. The fourth-order valence-corrected chi connectivity index (χ4v) is 2.03. The number of rotatable bonds is 1. The van der Waals surface area contributed by atoms with Gasteiger partial charge in [-0.25, -0.2) is 0 Å². The third-order valence-corrected chi connectivity index (χ3v) is 2.78. The second-order valence-corrected chi connectivity index (χ2v) is 4.28. The monoisotopic (exact) mass is 276 g/mol. The van der Waals surface area contributed by atoms with E-state index >= 15 is 0 Å². The van der Waals surface area contributed by atoms with Crippen LogP contribution < -0.4 is 0 Å². The molecule has 1 aromatic carbocycles. The number of pyridine rings is 1.